The average molecular weight is 201 g/mol. The maximum atomic E-state index is 2.32. The molecule has 0 bridgehead atoms. The molecule has 0 spiro atoms. The van der Waals surface area contributed by atoms with Gasteiger partial charge in [0.25, 0.3) is 0 Å². The van der Waals surface area contributed by atoms with Gasteiger partial charge in [0, 0.05) is 23.6 Å². The summed E-state index contributed by atoms with van der Waals surface area (Å²) in [4.78, 5) is 0. The van der Waals surface area contributed by atoms with Gasteiger partial charge in [0.1, 0.15) is 0 Å². The normalized spacial score (nSPS) is 11.5. The monoisotopic (exact) mass is 201 g/mol. The second-order valence-corrected chi connectivity index (χ2v) is 4.84. The summed E-state index contributed by atoms with van der Waals surface area (Å²) in [6.07, 6.45) is 1.17. The zero-order valence-corrected chi connectivity index (χ0v) is 10.0. The van der Waals surface area contributed by atoms with Gasteiger partial charge in [0.05, 0.1) is 0 Å². The molecule has 1 heteroatoms. The molecular formula is C14H19N. The minimum Gasteiger partial charge on any atom is -0.348 e. The van der Waals surface area contributed by atoms with Crippen LogP contribution in [0.2, 0.25) is 0 Å². The number of benzene rings is 1. The molecule has 2 rings (SSSR count). The maximum absolute atomic E-state index is 2.32. The highest BCUT2D eigenvalue weighted by Crippen LogP contribution is 2.21. The van der Waals surface area contributed by atoms with E-state index in [1.807, 2.05) is 0 Å². The van der Waals surface area contributed by atoms with E-state index in [0.717, 1.165) is 5.92 Å². The van der Waals surface area contributed by atoms with E-state index in [9.17, 15) is 0 Å². The average Bonchev–Trinajstić information content (AvgIpc) is 2.41. The molecule has 0 aliphatic carbocycles. The number of rotatable bonds is 2. The number of hydrogen-bond acceptors (Lipinski definition) is 0. The third kappa shape index (κ3) is 1.92. The topological polar surface area (TPSA) is 4.93 Å². The molecule has 0 saturated carbocycles. The third-order valence-electron chi connectivity index (χ3n) is 2.99. The zero-order valence-electron chi connectivity index (χ0n) is 10.0. The lowest BCUT2D eigenvalue weighted by Gasteiger charge is -2.05. The van der Waals surface area contributed by atoms with Gasteiger partial charge in [-0.3, -0.25) is 0 Å². The fourth-order valence-electron chi connectivity index (χ4n) is 2.14. The number of hydrogen-bond donors (Lipinski definition) is 0. The lowest BCUT2D eigenvalue weighted by Crippen LogP contribution is -1.94. The Bertz CT molecular complexity index is 477. The van der Waals surface area contributed by atoms with Crippen LogP contribution in [0.4, 0.5) is 0 Å². The minimum atomic E-state index is 0.729. The van der Waals surface area contributed by atoms with E-state index in [2.05, 4.69) is 56.7 Å². The molecule has 1 heterocycles. The highest BCUT2D eigenvalue weighted by atomic mass is 14.9. The van der Waals surface area contributed by atoms with Crippen LogP contribution in [0.1, 0.15) is 25.1 Å². The molecule has 0 atom stereocenters. The molecule has 0 N–H and O–H groups in total. The smallest absolute Gasteiger partial charge is 0.0479 e. The van der Waals surface area contributed by atoms with Crippen LogP contribution in [-0.2, 0) is 13.5 Å². The fraction of sp³-hybridized carbons (Fsp3) is 0.429. The Balaban J connectivity index is 2.47. The van der Waals surface area contributed by atoms with Crippen LogP contribution in [0.5, 0.6) is 0 Å². The molecule has 0 saturated heterocycles. The Hall–Kier alpha value is -1.24. The van der Waals surface area contributed by atoms with Crippen molar-refractivity contribution in [2.45, 2.75) is 27.2 Å². The molecule has 0 unspecified atom stereocenters. The third-order valence-corrected chi connectivity index (χ3v) is 2.99. The minimum absolute atomic E-state index is 0.729. The summed E-state index contributed by atoms with van der Waals surface area (Å²) >= 11 is 0. The van der Waals surface area contributed by atoms with Gasteiger partial charge in [0.15, 0.2) is 0 Å². The van der Waals surface area contributed by atoms with Gasteiger partial charge in [-0.25, -0.2) is 0 Å². The first-order valence-corrected chi connectivity index (χ1v) is 5.63. The second-order valence-electron chi connectivity index (χ2n) is 4.84. The summed E-state index contributed by atoms with van der Waals surface area (Å²) in [6.45, 7) is 6.68. The Kier molecular flexibility index (Phi) is 2.56. The van der Waals surface area contributed by atoms with Crippen LogP contribution in [-0.4, -0.2) is 4.57 Å². The molecule has 1 aromatic heterocycles. The molecule has 1 aromatic carbocycles. The Morgan fingerprint density at radius 3 is 2.60 bits per heavy atom. The van der Waals surface area contributed by atoms with Gasteiger partial charge >= 0.3 is 0 Å². The summed E-state index contributed by atoms with van der Waals surface area (Å²) in [5, 5.41) is 1.37. The molecular weight excluding hydrogens is 182 g/mol. The first kappa shape index (κ1) is 10.3. The van der Waals surface area contributed by atoms with E-state index in [1.54, 1.807) is 0 Å². The highest BCUT2D eigenvalue weighted by Gasteiger charge is 2.04. The van der Waals surface area contributed by atoms with Crippen LogP contribution in [0, 0.1) is 12.8 Å². The molecule has 0 aliphatic heterocycles. The van der Waals surface area contributed by atoms with Crippen molar-refractivity contribution < 1.29 is 0 Å². The van der Waals surface area contributed by atoms with Crippen molar-refractivity contribution in [2.24, 2.45) is 13.0 Å². The quantitative estimate of drug-likeness (QED) is 0.698. The Morgan fingerprint density at radius 1 is 1.20 bits per heavy atom. The van der Waals surface area contributed by atoms with Gasteiger partial charge in [-0.2, -0.15) is 0 Å². The van der Waals surface area contributed by atoms with E-state index < -0.39 is 0 Å². The number of nitrogens with zero attached hydrogens (tertiary/aromatic N) is 1. The summed E-state index contributed by atoms with van der Waals surface area (Å²) in [5.41, 5.74) is 4.11. The predicted molar refractivity (Wildman–Crippen MR) is 66.2 cm³/mol. The van der Waals surface area contributed by atoms with Crippen molar-refractivity contribution in [3.05, 3.63) is 35.5 Å². The highest BCUT2D eigenvalue weighted by molar-refractivity contribution is 5.81. The number of aryl methyl sites for hydroxylation is 2. The number of aromatic nitrogens is 1. The van der Waals surface area contributed by atoms with Crippen LogP contribution < -0.4 is 0 Å². The van der Waals surface area contributed by atoms with E-state index in [0.29, 0.717) is 0 Å². The summed E-state index contributed by atoms with van der Waals surface area (Å²) < 4.78 is 2.24. The second kappa shape index (κ2) is 3.73. The molecule has 0 aliphatic rings. The van der Waals surface area contributed by atoms with Crippen LogP contribution in [0.3, 0.4) is 0 Å². The van der Waals surface area contributed by atoms with E-state index in [4.69, 9.17) is 0 Å². The van der Waals surface area contributed by atoms with Crippen molar-refractivity contribution in [1.82, 2.24) is 4.57 Å². The SMILES string of the molecule is Cc1cc2cc(CC(C)C)ccc2n1C. The molecule has 0 amide bonds. The van der Waals surface area contributed by atoms with Gasteiger partial charge in [-0.1, -0.05) is 19.9 Å². The van der Waals surface area contributed by atoms with Crippen LogP contribution in [0.15, 0.2) is 24.3 Å². The van der Waals surface area contributed by atoms with Crippen molar-refractivity contribution in [2.75, 3.05) is 0 Å². The van der Waals surface area contributed by atoms with E-state index >= 15 is 0 Å². The molecule has 15 heavy (non-hydrogen) atoms. The first-order valence-electron chi connectivity index (χ1n) is 5.63. The molecule has 2 aromatic rings. The maximum Gasteiger partial charge on any atom is 0.0479 e. The molecule has 0 fully saturated rings. The summed E-state index contributed by atoms with van der Waals surface area (Å²) in [5.74, 6) is 0.729. The van der Waals surface area contributed by atoms with Gasteiger partial charge in [-0.05, 0) is 43.0 Å². The van der Waals surface area contributed by atoms with Gasteiger partial charge in [-0.15, -0.1) is 0 Å². The standard InChI is InChI=1S/C14H19N/c1-10(2)7-12-5-6-14-13(9-12)8-11(3)15(14)4/h5-6,8-10H,7H2,1-4H3. The molecule has 0 radical (unpaired) electrons. The van der Waals surface area contributed by atoms with Gasteiger partial charge < -0.3 is 4.57 Å². The lowest BCUT2D eigenvalue weighted by atomic mass is 10.0. The largest absolute Gasteiger partial charge is 0.348 e. The Morgan fingerprint density at radius 2 is 1.93 bits per heavy atom. The van der Waals surface area contributed by atoms with E-state index in [-0.39, 0.29) is 0 Å². The van der Waals surface area contributed by atoms with Crippen molar-refractivity contribution in [1.29, 1.82) is 0 Å². The predicted octanol–water partition coefficient (Wildman–Crippen LogP) is 3.69. The fourth-order valence-corrected chi connectivity index (χ4v) is 2.14. The summed E-state index contributed by atoms with van der Waals surface area (Å²) in [6, 6.07) is 9.07. The lowest BCUT2D eigenvalue weighted by molar-refractivity contribution is 0.648. The van der Waals surface area contributed by atoms with E-state index in [1.165, 1.54) is 28.6 Å². The van der Waals surface area contributed by atoms with Crippen molar-refractivity contribution in [3.8, 4) is 0 Å². The first-order chi connectivity index (χ1) is 7.08. The van der Waals surface area contributed by atoms with Crippen LogP contribution in [0.25, 0.3) is 10.9 Å². The van der Waals surface area contributed by atoms with Crippen molar-refractivity contribution >= 4 is 10.9 Å². The summed E-state index contributed by atoms with van der Waals surface area (Å²) in [7, 11) is 2.12. The van der Waals surface area contributed by atoms with Gasteiger partial charge in [0.2, 0.25) is 0 Å². The molecule has 1 nitrogen and oxygen atoms in total. The molecule has 80 valence electrons. The van der Waals surface area contributed by atoms with Crippen molar-refractivity contribution in [3.63, 3.8) is 0 Å². The Labute approximate surface area is 91.7 Å². The van der Waals surface area contributed by atoms with Crippen LogP contribution >= 0.6 is 0 Å². The number of fused-ring (bicyclic) bond motifs is 1. The zero-order chi connectivity index (χ0) is 11.0.